The van der Waals surface area contributed by atoms with Crippen LogP contribution in [-0.4, -0.2) is 32.3 Å². The highest BCUT2D eigenvalue weighted by Gasteiger charge is 2.70. The lowest BCUT2D eigenvalue weighted by Gasteiger charge is -2.55. The molecule has 0 heterocycles. The van der Waals surface area contributed by atoms with Crippen LogP contribution >= 0.6 is 24.0 Å². The van der Waals surface area contributed by atoms with E-state index < -0.39 is 11.0 Å². The average molecular weight is 444 g/mol. The third-order valence-corrected chi connectivity index (χ3v) is 9.94. The monoisotopic (exact) mass is 443 g/mol. The summed E-state index contributed by atoms with van der Waals surface area (Å²) >= 11 is 6.08. The number of carbonyl (C=O) groups is 2. The van der Waals surface area contributed by atoms with Crippen LogP contribution in [0.5, 0.6) is 0 Å². The van der Waals surface area contributed by atoms with Crippen molar-refractivity contribution in [2.45, 2.75) is 64.4 Å². The Morgan fingerprint density at radius 2 is 2.03 bits per heavy atom. The summed E-state index contributed by atoms with van der Waals surface area (Å²) in [5, 5.41) is 11.8. The number of thioether (sulfide) groups is 1. The van der Waals surface area contributed by atoms with Gasteiger partial charge in [0.2, 0.25) is 0 Å². The van der Waals surface area contributed by atoms with Crippen molar-refractivity contribution >= 4 is 39.9 Å². The van der Waals surface area contributed by atoms with Crippen LogP contribution in [0.3, 0.4) is 0 Å². The minimum atomic E-state index is -1.32. The maximum absolute atomic E-state index is 13.2. The standard InChI is InChI=1S/C24H29NO3S2/c1-21-7-5-15(26)11-14(21)3-4-16-17-6-8-24(28,18(27)12-30-20(25)29)22(17,2)13-23(9-10-23)19(16)21/h5,7,11,17,28H,3-4,6,8-10,12-13H2,1-2H3,(H2,25,29)/t17?,21?,22?,24-/m0/s1. The van der Waals surface area contributed by atoms with Gasteiger partial charge in [0.1, 0.15) is 9.92 Å². The molecule has 3 unspecified atom stereocenters. The number of hydrogen-bond donors (Lipinski definition) is 2. The molecule has 1 spiro atoms. The van der Waals surface area contributed by atoms with Crippen LogP contribution in [0.4, 0.5) is 0 Å². The molecule has 6 heteroatoms. The van der Waals surface area contributed by atoms with Gasteiger partial charge in [0.15, 0.2) is 11.6 Å². The summed E-state index contributed by atoms with van der Waals surface area (Å²) < 4.78 is 0.247. The number of aliphatic hydroxyl groups is 1. The number of nitrogens with two attached hydrogens (primary N) is 1. The molecule has 5 aliphatic carbocycles. The second kappa shape index (κ2) is 6.39. The van der Waals surface area contributed by atoms with E-state index in [0.29, 0.717) is 6.42 Å². The number of Topliss-reactive ketones (excluding diaryl/α,β-unsaturated/α-hetero) is 1. The molecule has 30 heavy (non-hydrogen) atoms. The van der Waals surface area contributed by atoms with E-state index in [-0.39, 0.29) is 38.4 Å². The van der Waals surface area contributed by atoms with E-state index >= 15 is 0 Å². The largest absolute Gasteiger partial charge is 0.385 e. The van der Waals surface area contributed by atoms with E-state index in [1.54, 1.807) is 6.08 Å². The number of allylic oxidation sites excluding steroid dienone is 6. The number of hydrogen-bond acceptors (Lipinski definition) is 5. The van der Waals surface area contributed by atoms with Gasteiger partial charge in [-0.3, -0.25) is 9.59 Å². The number of ketones is 2. The molecule has 2 saturated carbocycles. The summed E-state index contributed by atoms with van der Waals surface area (Å²) in [6, 6.07) is 0. The third-order valence-electron chi connectivity index (χ3n) is 8.89. The van der Waals surface area contributed by atoms with Gasteiger partial charge in [0.05, 0.1) is 5.75 Å². The smallest absolute Gasteiger partial charge is 0.178 e. The van der Waals surface area contributed by atoms with Gasteiger partial charge in [0.25, 0.3) is 0 Å². The second-order valence-electron chi connectivity index (χ2n) is 10.4. The maximum Gasteiger partial charge on any atom is 0.178 e. The molecule has 5 rings (SSSR count). The Bertz CT molecular complexity index is 975. The topological polar surface area (TPSA) is 80.4 Å². The van der Waals surface area contributed by atoms with Crippen LogP contribution < -0.4 is 5.73 Å². The molecule has 0 aromatic carbocycles. The molecule has 0 aliphatic heterocycles. The minimum absolute atomic E-state index is 0.0501. The summed E-state index contributed by atoms with van der Waals surface area (Å²) in [6.07, 6.45) is 11.9. The lowest BCUT2D eigenvalue weighted by Crippen LogP contribution is -2.56. The van der Waals surface area contributed by atoms with E-state index in [9.17, 15) is 14.7 Å². The molecule has 0 bridgehead atoms. The van der Waals surface area contributed by atoms with Crippen LogP contribution in [0.2, 0.25) is 0 Å². The van der Waals surface area contributed by atoms with Crippen molar-refractivity contribution in [1.29, 1.82) is 0 Å². The van der Waals surface area contributed by atoms with E-state index in [2.05, 4.69) is 19.9 Å². The van der Waals surface area contributed by atoms with Crippen molar-refractivity contribution < 1.29 is 14.7 Å². The lowest BCUT2D eigenvalue weighted by molar-refractivity contribution is -0.150. The first-order valence-electron chi connectivity index (χ1n) is 10.9. The molecule has 0 aromatic heterocycles. The normalized spacial score (nSPS) is 40.6. The zero-order valence-corrected chi connectivity index (χ0v) is 19.3. The number of carbonyl (C=O) groups excluding carboxylic acids is 2. The fraction of sp³-hybridized carbons (Fsp3) is 0.625. The molecule has 0 amide bonds. The fourth-order valence-corrected chi connectivity index (χ4v) is 8.11. The van der Waals surface area contributed by atoms with E-state index in [1.165, 1.54) is 16.7 Å². The van der Waals surface area contributed by atoms with Crippen LogP contribution in [0, 0.1) is 22.2 Å². The van der Waals surface area contributed by atoms with Gasteiger partial charge in [-0.15, -0.1) is 0 Å². The van der Waals surface area contributed by atoms with E-state index in [0.717, 1.165) is 50.3 Å². The van der Waals surface area contributed by atoms with E-state index in [1.807, 2.05) is 6.08 Å². The van der Waals surface area contributed by atoms with Crippen LogP contribution in [0.15, 0.2) is 34.9 Å². The average Bonchev–Trinajstić information content (AvgIpc) is 3.38. The Morgan fingerprint density at radius 1 is 1.30 bits per heavy atom. The van der Waals surface area contributed by atoms with Gasteiger partial charge in [-0.1, -0.05) is 53.7 Å². The molecule has 0 aromatic rings. The Morgan fingerprint density at radius 3 is 2.70 bits per heavy atom. The van der Waals surface area contributed by atoms with Gasteiger partial charge >= 0.3 is 0 Å². The predicted octanol–water partition coefficient (Wildman–Crippen LogP) is 4.03. The first kappa shape index (κ1) is 20.7. The first-order valence-corrected chi connectivity index (χ1v) is 12.3. The summed E-state index contributed by atoms with van der Waals surface area (Å²) in [7, 11) is 0. The highest BCUT2D eigenvalue weighted by atomic mass is 32.2. The van der Waals surface area contributed by atoms with Gasteiger partial charge < -0.3 is 10.8 Å². The van der Waals surface area contributed by atoms with Gasteiger partial charge in [0, 0.05) is 10.8 Å². The van der Waals surface area contributed by atoms with Crippen molar-refractivity contribution in [3.8, 4) is 0 Å². The Kier molecular flexibility index (Phi) is 4.40. The summed E-state index contributed by atoms with van der Waals surface area (Å²) in [6.45, 7) is 4.41. The molecule has 4 atom stereocenters. The highest BCUT2D eigenvalue weighted by Crippen LogP contribution is 2.75. The maximum atomic E-state index is 13.2. The Balaban J connectivity index is 1.59. The molecule has 3 N–H and O–H groups in total. The summed E-state index contributed by atoms with van der Waals surface area (Å²) in [5.74, 6) is 0.318. The highest BCUT2D eigenvalue weighted by molar-refractivity contribution is 8.23. The fourth-order valence-electron chi connectivity index (χ4n) is 7.43. The zero-order chi connectivity index (χ0) is 21.5. The molecule has 0 radical (unpaired) electrons. The van der Waals surface area contributed by atoms with Crippen molar-refractivity contribution in [3.05, 3.63) is 34.9 Å². The third kappa shape index (κ3) is 2.59. The Labute approximate surface area is 187 Å². The van der Waals surface area contributed by atoms with Crippen LogP contribution in [0.1, 0.15) is 58.8 Å². The zero-order valence-electron chi connectivity index (χ0n) is 17.6. The van der Waals surface area contributed by atoms with Gasteiger partial charge in [-0.2, -0.15) is 0 Å². The van der Waals surface area contributed by atoms with E-state index in [4.69, 9.17) is 18.0 Å². The van der Waals surface area contributed by atoms with Crippen molar-refractivity contribution in [2.24, 2.45) is 27.9 Å². The van der Waals surface area contributed by atoms with Gasteiger partial charge in [-0.05, 0) is 75.4 Å². The number of fused-ring (bicyclic) bond motifs is 5. The van der Waals surface area contributed by atoms with Gasteiger partial charge in [-0.25, -0.2) is 0 Å². The van der Waals surface area contributed by atoms with Crippen LogP contribution in [-0.2, 0) is 9.59 Å². The molecular formula is C24H29NO3S2. The molecule has 160 valence electrons. The Hall–Kier alpha value is -1.24. The van der Waals surface area contributed by atoms with Crippen LogP contribution in [0.25, 0.3) is 0 Å². The molecule has 2 fully saturated rings. The van der Waals surface area contributed by atoms with Crippen molar-refractivity contribution in [1.82, 2.24) is 0 Å². The molecular weight excluding hydrogens is 414 g/mol. The molecule has 0 saturated heterocycles. The number of thiocarbonyl (C=S) groups is 1. The quantitative estimate of drug-likeness (QED) is 0.506. The predicted molar refractivity (Wildman–Crippen MR) is 123 cm³/mol. The lowest BCUT2D eigenvalue weighted by atomic mass is 9.49. The summed E-state index contributed by atoms with van der Waals surface area (Å²) in [5.41, 5.74) is 7.88. The molecule has 5 aliphatic rings. The summed E-state index contributed by atoms with van der Waals surface area (Å²) in [4.78, 5) is 25.2. The first-order chi connectivity index (χ1) is 14.1. The van der Waals surface area contributed by atoms with Crippen molar-refractivity contribution in [2.75, 3.05) is 5.75 Å². The SMILES string of the molecule is CC12C=CC(=O)C=C1CCC1=C2C2(CC2)CC2(C)C1CC[C@]2(O)C(=O)CSC(N)=S. The molecule has 4 nitrogen and oxygen atoms in total. The van der Waals surface area contributed by atoms with Crippen molar-refractivity contribution in [3.63, 3.8) is 0 Å². The minimum Gasteiger partial charge on any atom is -0.385 e. The second-order valence-corrected chi connectivity index (χ2v) is 12.1. The number of rotatable bonds is 3.